The molecule has 6 heteroatoms. The van der Waals surface area contributed by atoms with E-state index in [2.05, 4.69) is 62.0 Å². The Morgan fingerprint density at radius 3 is 2.29 bits per heavy atom. The first-order valence-electron chi connectivity index (χ1n) is 8.59. The maximum Gasteiger partial charge on any atom is 0.223 e. The molecule has 0 atom stereocenters. The van der Waals surface area contributed by atoms with Crippen molar-refractivity contribution >= 4 is 17.6 Å². The number of anilines is 3. The molecule has 2 aliphatic heterocycles. The van der Waals surface area contributed by atoms with Gasteiger partial charge >= 0.3 is 0 Å². The first-order chi connectivity index (χ1) is 11.7. The highest BCUT2D eigenvalue weighted by Gasteiger charge is 2.21. The fraction of sp³-hybridized carbons (Fsp3) is 0.444. The third-order valence-electron chi connectivity index (χ3n) is 5.00. The average molecular weight is 324 g/mol. The Hall–Kier alpha value is -2.34. The van der Waals surface area contributed by atoms with Gasteiger partial charge in [0, 0.05) is 45.3 Å². The molecule has 0 radical (unpaired) electrons. The molecule has 24 heavy (non-hydrogen) atoms. The number of nitrogens with zero attached hydrogens (tertiary/aromatic N) is 5. The average Bonchev–Trinajstić information content (AvgIpc) is 2.61. The summed E-state index contributed by atoms with van der Waals surface area (Å²) in [5.74, 6) is 2.25. The molecule has 3 heterocycles. The molecule has 0 aliphatic carbocycles. The van der Waals surface area contributed by atoms with E-state index in [-0.39, 0.29) is 0 Å². The van der Waals surface area contributed by atoms with Crippen molar-refractivity contribution in [2.24, 2.45) is 0 Å². The molecule has 0 spiro atoms. The standard InChI is InChI=1S/C18H24N6/c1-22-8-10-23(11-9-22)16-12-17(21-18(19)20-16)24-7-6-14-4-2-3-5-15(14)13-24/h2-5,12H,6-11,13H2,1H3,(H2,19,20,21). The van der Waals surface area contributed by atoms with E-state index in [0.29, 0.717) is 5.95 Å². The highest BCUT2D eigenvalue weighted by molar-refractivity contribution is 5.55. The van der Waals surface area contributed by atoms with Crippen LogP contribution in [-0.2, 0) is 13.0 Å². The molecule has 0 saturated carbocycles. The predicted octanol–water partition coefficient (Wildman–Crippen LogP) is 1.37. The van der Waals surface area contributed by atoms with Gasteiger partial charge in [-0.15, -0.1) is 0 Å². The minimum atomic E-state index is 0.361. The summed E-state index contributed by atoms with van der Waals surface area (Å²) >= 11 is 0. The molecule has 126 valence electrons. The van der Waals surface area contributed by atoms with Crippen LogP contribution in [0, 0.1) is 0 Å². The predicted molar refractivity (Wildman–Crippen MR) is 97.4 cm³/mol. The van der Waals surface area contributed by atoms with E-state index in [4.69, 9.17) is 5.73 Å². The van der Waals surface area contributed by atoms with Crippen LogP contribution in [0.3, 0.4) is 0 Å². The van der Waals surface area contributed by atoms with E-state index in [1.165, 1.54) is 11.1 Å². The Morgan fingerprint density at radius 1 is 0.875 bits per heavy atom. The van der Waals surface area contributed by atoms with Crippen LogP contribution in [0.5, 0.6) is 0 Å². The number of hydrogen-bond donors (Lipinski definition) is 1. The SMILES string of the molecule is CN1CCN(c2cc(N3CCc4ccccc4C3)nc(N)n2)CC1. The second-order valence-corrected chi connectivity index (χ2v) is 6.67. The van der Waals surface area contributed by atoms with Gasteiger partial charge in [0.1, 0.15) is 11.6 Å². The van der Waals surface area contributed by atoms with Gasteiger partial charge in [0.2, 0.25) is 5.95 Å². The van der Waals surface area contributed by atoms with Crippen LogP contribution in [0.25, 0.3) is 0 Å². The number of nitrogens with two attached hydrogens (primary N) is 1. The van der Waals surface area contributed by atoms with Crippen molar-refractivity contribution in [3.63, 3.8) is 0 Å². The van der Waals surface area contributed by atoms with Crippen LogP contribution >= 0.6 is 0 Å². The number of benzene rings is 1. The molecular weight excluding hydrogens is 300 g/mol. The van der Waals surface area contributed by atoms with Crippen LogP contribution in [0.15, 0.2) is 30.3 Å². The zero-order chi connectivity index (χ0) is 16.5. The zero-order valence-corrected chi connectivity index (χ0v) is 14.1. The number of rotatable bonds is 2. The van der Waals surface area contributed by atoms with Crippen molar-refractivity contribution in [3.8, 4) is 0 Å². The molecular formula is C18H24N6. The Kier molecular flexibility index (Phi) is 3.98. The molecule has 2 aromatic rings. The number of likely N-dealkylation sites (N-methyl/N-ethyl adjacent to an activating group) is 1. The van der Waals surface area contributed by atoms with Crippen molar-refractivity contribution in [2.75, 3.05) is 55.3 Å². The van der Waals surface area contributed by atoms with Crippen molar-refractivity contribution in [2.45, 2.75) is 13.0 Å². The Labute approximate surface area is 142 Å². The zero-order valence-electron chi connectivity index (χ0n) is 14.1. The normalized spacial score (nSPS) is 18.5. The van der Waals surface area contributed by atoms with Gasteiger partial charge in [-0.1, -0.05) is 24.3 Å². The van der Waals surface area contributed by atoms with Gasteiger partial charge in [0.05, 0.1) is 0 Å². The summed E-state index contributed by atoms with van der Waals surface area (Å²) < 4.78 is 0. The van der Waals surface area contributed by atoms with E-state index in [9.17, 15) is 0 Å². The first-order valence-corrected chi connectivity index (χ1v) is 8.59. The van der Waals surface area contributed by atoms with Crippen molar-refractivity contribution in [3.05, 3.63) is 41.5 Å². The summed E-state index contributed by atoms with van der Waals surface area (Å²) in [4.78, 5) is 15.9. The molecule has 0 unspecified atom stereocenters. The lowest BCUT2D eigenvalue weighted by molar-refractivity contribution is 0.312. The fourth-order valence-electron chi connectivity index (χ4n) is 3.49. The van der Waals surface area contributed by atoms with E-state index >= 15 is 0 Å². The maximum atomic E-state index is 6.01. The lowest BCUT2D eigenvalue weighted by Gasteiger charge is -2.34. The highest BCUT2D eigenvalue weighted by Crippen LogP contribution is 2.26. The van der Waals surface area contributed by atoms with Gasteiger partial charge < -0.3 is 20.4 Å². The Morgan fingerprint density at radius 2 is 1.54 bits per heavy atom. The van der Waals surface area contributed by atoms with Gasteiger partial charge in [-0.2, -0.15) is 9.97 Å². The number of aromatic nitrogens is 2. The summed E-state index contributed by atoms with van der Waals surface area (Å²) in [7, 11) is 2.16. The van der Waals surface area contributed by atoms with Crippen molar-refractivity contribution < 1.29 is 0 Å². The molecule has 1 aromatic heterocycles. The summed E-state index contributed by atoms with van der Waals surface area (Å²) in [6, 6.07) is 10.7. The van der Waals surface area contributed by atoms with Gasteiger partial charge in [0.25, 0.3) is 0 Å². The lowest BCUT2D eigenvalue weighted by Crippen LogP contribution is -2.45. The molecule has 1 aromatic carbocycles. The van der Waals surface area contributed by atoms with Gasteiger partial charge in [-0.25, -0.2) is 0 Å². The van der Waals surface area contributed by atoms with E-state index in [1.54, 1.807) is 0 Å². The van der Waals surface area contributed by atoms with Crippen LogP contribution in [0.4, 0.5) is 17.6 Å². The van der Waals surface area contributed by atoms with Crippen LogP contribution < -0.4 is 15.5 Å². The van der Waals surface area contributed by atoms with Crippen LogP contribution in [0.1, 0.15) is 11.1 Å². The fourth-order valence-corrected chi connectivity index (χ4v) is 3.49. The highest BCUT2D eigenvalue weighted by atomic mass is 15.3. The second kappa shape index (κ2) is 6.28. The third kappa shape index (κ3) is 3.01. The molecule has 0 bridgehead atoms. The maximum absolute atomic E-state index is 6.01. The molecule has 4 rings (SSSR count). The largest absolute Gasteiger partial charge is 0.368 e. The summed E-state index contributed by atoms with van der Waals surface area (Å²) in [6.07, 6.45) is 1.05. The van der Waals surface area contributed by atoms with E-state index in [0.717, 1.165) is 57.3 Å². The van der Waals surface area contributed by atoms with Crippen LogP contribution in [-0.4, -0.2) is 54.6 Å². The Balaban J connectivity index is 1.58. The molecule has 1 fully saturated rings. The number of nitrogen functional groups attached to an aromatic ring is 1. The second-order valence-electron chi connectivity index (χ2n) is 6.67. The van der Waals surface area contributed by atoms with Gasteiger partial charge in [-0.3, -0.25) is 0 Å². The smallest absolute Gasteiger partial charge is 0.223 e. The molecule has 0 amide bonds. The van der Waals surface area contributed by atoms with Gasteiger partial charge in [0.15, 0.2) is 0 Å². The summed E-state index contributed by atoms with van der Waals surface area (Å²) in [5.41, 5.74) is 8.83. The molecule has 2 aliphatic rings. The molecule has 1 saturated heterocycles. The number of hydrogen-bond acceptors (Lipinski definition) is 6. The van der Waals surface area contributed by atoms with E-state index < -0.39 is 0 Å². The minimum Gasteiger partial charge on any atom is -0.368 e. The monoisotopic (exact) mass is 324 g/mol. The third-order valence-corrected chi connectivity index (χ3v) is 5.00. The minimum absolute atomic E-state index is 0.361. The number of piperazine rings is 1. The van der Waals surface area contributed by atoms with Crippen LogP contribution in [0.2, 0.25) is 0 Å². The van der Waals surface area contributed by atoms with Crippen molar-refractivity contribution in [1.82, 2.24) is 14.9 Å². The number of fused-ring (bicyclic) bond motifs is 1. The lowest BCUT2D eigenvalue weighted by atomic mass is 10.00. The molecule has 2 N–H and O–H groups in total. The van der Waals surface area contributed by atoms with E-state index in [1.807, 2.05) is 0 Å². The topological polar surface area (TPSA) is 61.5 Å². The quantitative estimate of drug-likeness (QED) is 0.900. The Bertz CT molecular complexity index is 723. The first kappa shape index (κ1) is 15.2. The molecule has 6 nitrogen and oxygen atoms in total. The van der Waals surface area contributed by atoms with Crippen molar-refractivity contribution in [1.29, 1.82) is 0 Å². The van der Waals surface area contributed by atoms with Gasteiger partial charge in [-0.05, 0) is 24.6 Å². The summed E-state index contributed by atoms with van der Waals surface area (Å²) in [6.45, 7) is 5.92. The summed E-state index contributed by atoms with van der Waals surface area (Å²) in [5, 5.41) is 0.